The maximum absolute atomic E-state index is 9.16. The van der Waals surface area contributed by atoms with Crippen LogP contribution in [0.5, 0.6) is 0 Å². The number of nitriles is 2. The summed E-state index contributed by atoms with van der Waals surface area (Å²) in [5.74, 6) is 0. The first-order chi connectivity index (χ1) is 9.15. The molecule has 0 spiro atoms. The minimum Gasteiger partial charge on any atom is -0.371 e. The van der Waals surface area contributed by atoms with Gasteiger partial charge in [0.15, 0.2) is 0 Å². The van der Waals surface area contributed by atoms with E-state index in [0.717, 1.165) is 19.5 Å². The van der Waals surface area contributed by atoms with E-state index < -0.39 is 5.41 Å². The maximum atomic E-state index is 9.16. The Labute approximate surface area is 115 Å². The van der Waals surface area contributed by atoms with Gasteiger partial charge in [0.2, 0.25) is 0 Å². The summed E-state index contributed by atoms with van der Waals surface area (Å²) in [7, 11) is 0. The van der Waals surface area contributed by atoms with E-state index in [1.54, 1.807) is 0 Å². The van der Waals surface area contributed by atoms with Gasteiger partial charge >= 0.3 is 0 Å². The van der Waals surface area contributed by atoms with Gasteiger partial charge in [-0.25, -0.2) is 0 Å². The van der Waals surface area contributed by atoms with Crippen LogP contribution in [-0.2, 0) is 6.42 Å². The zero-order chi connectivity index (χ0) is 13.9. The van der Waals surface area contributed by atoms with Crippen molar-refractivity contribution in [3.05, 3.63) is 29.3 Å². The zero-order valence-corrected chi connectivity index (χ0v) is 11.6. The molecule has 0 amide bonds. The first-order valence-electron chi connectivity index (χ1n) is 6.82. The van der Waals surface area contributed by atoms with Gasteiger partial charge in [-0.15, -0.1) is 0 Å². The standard InChI is InChI=1S/C16H19N3/c1-3-14-6-4-5-13(2)15(14)19-9-7-16(11-17,12-18)8-10-19/h4-6H,3,7-10H2,1-2H3. The van der Waals surface area contributed by atoms with Gasteiger partial charge in [-0.3, -0.25) is 0 Å². The molecule has 98 valence electrons. The summed E-state index contributed by atoms with van der Waals surface area (Å²) in [5.41, 5.74) is 3.16. The third-order valence-corrected chi connectivity index (χ3v) is 4.06. The molecule has 0 bridgehead atoms. The highest BCUT2D eigenvalue weighted by atomic mass is 15.1. The van der Waals surface area contributed by atoms with E-state index in [-0.39, 0.29) is 0 Å². The second kappa shape index (κ2) is 5.33. The molecule has 19 heavy (non-hydrogen) atoms. The van der Waals surface area contributed by atoms with E-state index in [2.05, 4.69) is 49.1 Å². The molecule has 1 saturated heterocycles. The van der Waals surface area contributed by atoms with Crippen molar-refractivity contribution >= 4 is 5.69 Å². The van der Waals surface area contributed by atoms with Crippen LogP contribution in [0.3, 0.4) is 0 Å². The van der Waals surface area contributed by atoms with Crippen molar-refractivity contribution in [1.29, 1.82) is 10.5 Å². The molecule has 3 nitrogen and oxygen atoms in total. The highest BCUT2D eigenvalue weighted by Gasteiger charge is 2.35. The van der Waals surface area contributed by atoms with E-state index in [1.165, 1.54) is 16.8 Å². The molecule has 2 rings (SSSR count). The highest BCUT2D eigenvalue weighted by molar-refractivity contribution is 5.60. The van der Waals surface area contributed by atoms with E-state index in [4.69, 9.17) is 10.5 Å². The smallest absolute Gasteiger partial charge is 0.147 e. The van der Waals surface area contributed by atoms with E-state index >= 15 is 0 Å². The Morgan fingerprint density at radius 3 is 2.37 bits per heavy atom. The van der Waals surface area contributed by atoms with Gasteiger partial charge in [0.25, 0.3) is 0 Å². The molecule has 0 radical (unpaired) electrons. The van der Waals surface area contributed by atoms with E-state index in [1.807, 2.05) is 0 Å². The fourth-order valence-electron chi connectivity index (χ4n) is 2.82. The average Bonchev–Trinajstić information content (AvgIpc) is 2.47. The van der Waals surface area contributed by atoms with Gasteiger partial charge in [-0.05, 0) is 37.3 Å². The van der Waals surface area contributed by atoms with Crippen LogP contribution in [-0.4, -0.2) is 13.1 Å². The molecular formula is C16H19N3. The van der Waals surface area contributed by atoms with Gasteiger partial charge < -0.3 is 4.90 Å². The Balaban J connectivity index is 2.24. The fraction of sp³-hybridized carbons (Fsp3) is 0.500. The summed E-state index contributed by atoms with van der Waals surface area (Å²) in [6, 6.07) is 10.8. The Bertz CT molecular complexity index is 524. The molecule has 1 aromatic carbocycles. The molecule has 1 fully saturated rings. The van der Waals surface area contributed by atoms with Gasteiger partial charge in [0.05, 0.1) is 12.1 Å². The van der Waals surface area contributed by atoms with Crippen molar-refractivity contribution in [3.63, 3.8) is 0 Å². The second-order valence-electron chi connectivity index (χ2n) is 5.23. The van der Waals surface area contributed by atoms with Crippen molar-refractivity contribution in [2.75, 3.05) is 18.0 Å². The largest absolute Gasteiger partial charge is 0.371 e. The van der Waals surface area contributed by atoms with Crippen LogP contribution >= 0.6 is 0 Å². The van der Waals surface area contributed by atoms with Gasteiger partial charge in [-0.2, -0.15) is 10.5 Å². The monoisotopic (exact) mass is 253 g/mol. The Morgan fingerprint density at radius 1 is 1.21 bits per heavy atom. The maximum Gasteiger partial charge on any atom is 0.147 e. The summed E-state index contributed by atoms with van der Waals surface area (Å²) in [6.45, 7) is 5.87. The van der Waals surface area contributed by atoms with Crippen LogP contribution in [0.4, 0.5) is 5.69 Å². The number of anilines is 1. The van der Waals surface area contributed by atoms with E-state index in [9.17, 15) is 0 Å². The lowest BCUT2D eigenvalue weighted by molar-refractivity contribution is 0.393. The molecule has 0 N–H and O–H groups in total. The quantitative estimate of drug-likeness (QED) is 0.813. The molecule has 1 aliphatic heterocycles. The predicted molar refractivity (Wildman–Crippen MR) is 75.7 cm³/mol. The molecule has 1 aliphatic rings. The molecule has 1 aromatic rings. The van der Waals surface area contributed by atoms with Gasteiger partial charge in [-0.1, -0.05) is 25.1 Å². The summed E-state index contributed by atoms with van der Waals surface area (Å²) >= 11 is 0. The van der Waals surface area contributed by atoms with Crippen LogP contribution in [0.1, 0.15) is 30.9 Å². The number of hydrogen-bond acceptors (Lipinski definition) is 3. The topological polar surface area (TPSA) is 50.8 Å². The molecule has 1 heterocycles. The number of hydrogen-bond donors (Lipinski definition) is 0. The average molecular weight is 253 g/mol. The minimum absolute atomic E-state index is 0.636. The number of para-hydroxylation sites is 1. The number of piperidine rings is 1. The Kier molecular flexibility index (Phi) is 3.76. The lowest BCUT2D eigenvalue weighted by atomic mass is 9.81. The summed E-state index contributed by atoms with van der Waals surface area (Å²) in [6.07, 6.45) is 2.28. The van der Waals surface area contributed by atoms with Crippen LogP contribution in [0.15, 0.2) is 18.2 Å². The number of aryl methyl sites for hydroxylation is 2. The van der Waals surface area contributed by atoms with Crippen molar-refractivity contribution < 1.29 is 0 Å². The van der Waals surface area contributed by atoms with Crippen LogP contribution in [0.25, 0.3) is 0 Å². The van der Waals surface area contributed by atoms with Crippen molar-refractivity contribution in [3.8, 4) is 12.1 Å². The molecule has 0 aromatic heterocycles. The van der Waals surface area contributed by atoms with Gasteiger partial charge in [0.1, 0.15) is 5.41 Å². The van der Waals surface area contributed by atoms with Crippen molar-refractivity contribution in [1.82, 2.24) is 0 Å². The lowest BCUT2D eigenvalue weighted by Gasteiger charge is -2.36. The number of rotatable bonds is 2. The Hall–Kier alpha value is -2.00. The summed E-state index contributed by atoms with van der Waals surface area (Å²) in [4.78, 5) is 2.33. The summed E-state index contributed by atoms with van der Waals surface area (Å²) in [5, 5.41) is 18.3. The molecular weight excluding hydrogens is 234 g/mol. The fourth-order valence-corrected chi connectivity index (χ4v) is 2.82. The highest BCUT2D eigenvalue weighted by Crippen LogP contribution is 2.35. The molecule has 3 heteroatoms. The first-order valence-corrected chi connectivity index (χ1v) is 6.82. The number of benzene rings is 1. The van der Waals surface area contributed by atoms with Crippen molar-refractivity contribution in [2.24, 2.45) is 5.41 Å². The second-order valence-corrected chi connectivity index (χ2v) is 5.23. The first kappa shape index (κ1) is 13.4. The molecule has 0 saturated carbocycles. The molecule has 0 aliphatic carbocycles. The van der Waals surface area contributed by atoms with Crippen LogP contribution in [0.2, 0.25) is 0 Å². The van der Waals surface area contributed by atoms with Crippen molar-refractivity contribution in [2.45, 2.75) is 33.1 Å². The predicted octanol–water partition coefficient (Wildman–Crippen LogP) is 3.19. The summed E-state index contributed by atoms with van der Waals surface area (Å²) < 4.78 is 0. The third kappa shape index (κ3) is 2.42. The zero-order valence-electron chi connectivity index (χ0n) is 11.6. The lowest BCUT2D eigenvalue weighted by Crippen LogP contribution is -2.39. The number of nitrogens with zero attached hydrogens (tertiary/aromatic N) is 3. The van der Waals surface area contributed by atoms with Crippen LogP contribution < -0.4 is 4.90 Å². The minimum atomic E-state index is -0.772. The van der Waals surface area contributed by atoms with Crippen LogP contribution in [0, 0.1) is 35.0 Å². The Morgan fingerprint density at radius 2 is 1.84 bits per heavy atom. The normalized spacial score (nSPS) is 17.6. The third-order valence-electron chi connectivity index (χ3n) is 4.06. The van der Waals surface area contributed by atoms with E-state index in [0.29, 0.717) is 12.8 Å². The SMILES string of the molecule is CCc1cccc(C)c1N1CCC(C#N)(C#N)CC1. The molecule has 0 atom stereocenters. The molecule has 0 unspecified atom stereocenters. The van der Waals surface area contributed by atoms with Gasteiger partial charge in [0, 0.05) is 18.8 Å².